The molecular weight excluding hydrogens is 276 g/mol. The van der Waals surface area contributed by atoms with Crippen LogP contribution in [-0.4, -0.2) is 36.6 Å². The quantitative estimate of drug-likeness (QED) is 0.859. The van der Waals surface area contributed by atoms with Crippen molar-refractivity contribution < 1.29 is 14.3 Å². The molecule has 2 N–H and O–H groups in total. The molecule has 1 aromatic rings. The third-order valence-electron chi connectivity index (χ3n) is 4.00. The van der Waals surface area contributed by atoms with Crippen molar-refractivity contribution in [3.63, 3.8) is 0 Å². The Bertz CT molecular complexity index is 503. The fraction of sp³-hybridized carbons (Fsp3) is 0.571. The molecule has 0 bridgehead atoms. The van der Waals surface area contributed by atoms with Crippen molar-refractivity contribution in [2.75, 3.05) is 6.61 Å². The van der Waals surface area contributed by atoms with Crippen LogP contribution in [0.2, 0.25) is 0 Å². The molecule has 6 heteroatoms. The molecule has 20 heavy (non-hydrogen) atoms. The minimum absolute atomic E-state index is 0.00105. The second-order valence-electron chi connectivity index (χ2n) is 5.36. The fourth-order valence-corrected chi connectivity index (χ4v) is 3.82. The van der Waals surface area contributed by atoms with Crippen LogP contribution in [0.1, 0.15) is 18.2 Å². The van der Waals surface area contributed by atoms with E-state index in [9.17, 15) is 9.59 Å². The minimum Gasteiger partial charge on any atom is -0.376 e. The Labute approximate surface area is 121 Å². The van der Waals surface area contributed by atoms with Gasteiger partial charge in [-0.2, -0.15) is 0 Å². The molecule has 0 spiro atoms. The number of thiophene rings is 1. The van der Waals surface area contributed by atoms with Gasteiger partial charge in [-0.05, 0) is 17.9 Å². The van der Waals surface area contributed by atoms with E-state index in [4.69, 9.17) is 4.74 Å². The molecule has 108 valence electrons. The van der Waals surface area contributed by atoms with Crippen LogP contribution in [0, 0.1) is 5.92 Å². The van der Waals surface area contributed by atoms with Gasteiger partial charge in [0.15, 0.2) is 0 Å². The Kier molecular flexibility index (Phi) is 3.76. The molecule has 2 amide bonds. The van der Waals surface area contributed by atoms with Crippen molar-refractivity contribution in [1.82, 2.24) is 10.6 Å². The minimum atomic E-state index is -0.0905. The van der Waals surface area contributed by atoms with Gasteiger partial charge in [0.05, 0.1) is 24.6 Å². The van der Waals surface area contributed by atoms with Crippen molar-refractivity contribution >= 4 is 23.2 Å². The Morgan fingerprint density at radius 1 is 1.40 bits per heavy atom. The molecule has 4 atom stereocenters. The van der Waals surface area contributed by atoms with Gasteiger partial charge in [0.2, 0.25) is 11.8 Å². The highest BCUT2D eigenvalue weighted by atomic mass is 32.1. The van der Waals surface area contributed by atoms with Gasteiger partial charge in [-0.15, -0.1) is 11.3 Å². The summed E-state index contributed by atoms with van der Waals surface area (Å²) in [5, 5.41) is 7.91. The number of ether oxygens (including phenoxy) is 1. The first kappa shape index (κ1) is 13.6. The van der Waals surface area contributed by atoms with Gasteiger partial charge in [0.1, 0.15) is 0 Å². The maximum absolute atomic E-state index is 12.1. The first-order valence-electron chi connectivity index (χ1n) is 6.85. The number of carbonyl (C=O) groups is 2. The van der Waals surface area contributed by atoms with E-state index in [1.54, 1.807) is 11.3 Å². The molecule has 0 radical (unpaired) electrons. The van der Waals surface area contributed by atoms with E-state index in [0.717, 1.165) is 11.3 Å². The zero-order valence-corrected chi connectivity index (χ0v) is 12.1. The largest absolute Gasteiger partial charge is 0.376 e. The summed E-state index contributed by atoms with van der Waals surface area (Å²) < 4.78 is 5.62. The van der Waals surface area contributed by atoms with Crippen LogP contribution in [0.15, 0.2) is 17.5 Å². The monoisotopic (exact) mass is 294 g/mol. The molecule has 1 saturated carbocycles. The van der Waals surface area contributed by atoms with E-state index in [-0.39, 0.29) is 30.0 Å². The summed E-state index contributed by atoms with van der Waals surface area (Å²) in [7, 11) is 0. The zero-order valence-electron chi connectivity index (χ0n) is 11.3. The summed E-state index contributed by atoms with van der Waals surface area (Å²) in [6, 6.07) is 3.81. The highest BCUT2D eigenvalue weighted by Gasteiger charge is 2.54. The molecule has 1 aliphatic carbocycles. The predicted molar refractivity (Wildman–Crippen MR) is 75.4 cm³/mol. The average Bonchev–Trinajstić information content (AvgIpc) is 3.02. The number of rotatable bonds is 4. The van der Waals surface area contributed by atoms with Crippen LogP contribution >= 0.6 is 11.3 Å². The van der Waals surface area contributed by atoms with E-state index < -0.39 is 0 Å². The topological polar surface area (TPSA) is 67.4 Å². The number of amides is 2. The molecule has 2 aliphatic rings. The van der Waals surface area contributed by atoms with Crippen molar-refractivity contribution in [2.24, 2.45) is 5.92 Å². The average molecular weight is 294 g/mol. The lowest BCUT2D eigenvalue weighted by Gasteiger charge is -2.47. The normalized spacial score (nSPS) is 31.2. The van der Waals surface area contributed by atoms with Gasteiger partial charge >= 0.3 is 0 Å². The van der Waals surface area contributed by atoms with E-state index >= 15 is 0 Å². The molecule has 0 aromatic carbocycles. The van der Waals surface area contributed by atoms with Crippen LogP contribution < -0.4 is 10.6 Å². The smallest absolute Gasteiger partial charge is 0.225 e. The molecule has 1 saturated heterocycles. The zero-order chi connectivity index (χ0) is 14.1. The number of fused-ring (bicyclic) bond motifs is 1. The molecule has 1 aromatic heterocycles. The van der Waals surface area contributed by atoms with E-state index in [0.29, 0.717) is 18.9 Å². The Hall–Kier alpha value is -1.40. The number of carbonyl (C=O) groups excluding carboxylic acids is 2. The molecule has 2 heterocycles. The van der Waals surface area contributed by atoms with Gasteiger partial charge in [0, 0.05) is 24.3 Å². The Balaban J connectivity index is 1.60. The standard InChI is InChI=1S/C14H18N2O3S/c1-8(17)15-13-12(10-4-5-19-14(10)13)16-11(18)7-9-3-2-6-20-9/h2-3,6,10,12-14H,4-5,7H2,1H3,(H,15,17)(H,16,18)/t10-,12+,13-,14-/m1/s1. The lowest BCUT2D eigenvalue weighted by molar-refractivity contribution is -0.129. The van der Waals surface area contributed by atoms with Gasteiger partial charge in [-0.1, -0.05) is 6.07 Å². The third-order valence-corrected chi connectivity index (χ3v) is 4.87. The van der Waals surface area contributed by atoms with Gasteiger partial charge < -0.3 is 15.4 Å². The third kappa shape index (κ3) is 2.58. The molecule has 0 unspecified atom stereocenters. The molecule has 1 aliphatic heterocycles. The highest BCUT2D eigenvalue weighted by molar-refractivity contribution is 7.10. The Morgan fingerprint density at radius 3 is 2.95 bits per heavy atom. The molecule has 5 nitrogen and oxygen atoms in total. The van der Waals surface area contributed by atoms with Gasteiger partial charge in [-0.25, -0.2) is 0 Å². The van der Waals surface area contributed by atoms with Gasteiger partial charge in [-0.3, -0.25) is 9.59 Å². The first-order chi connectivity index (χ1) is 9.65. The lowest BCUT2D eigenvalue weighted by atomic mass is 9.71. The summed E-state index contributed by atoms with van der Waals surface area (Å²) in [6.07, 6.45) is 1.41. The Morgan fingerprint density at radius 2 is 2.25 bits per heavy atom. The summed E-state index contributed by atoms with van der Waals surface area (Å²) in [4.78, 5) is 24.4. The summed E-state index contributed by atoms with van der Waals surface area (Å²) in [5.41, 5.74) is 0. The van der Waals surface area contributed by atoms with E-state index in [1.165, 1.54) is 6.92 Å². The van der Waals surface area contributed by atoms with Crippen LogP contribution in [0.4, 0.5) is 0 Å². The maximum atomic E-state index is 12.1. The van der Waals surface area contributed by atoms with Crippen molar-refractivity contribution in [3.05, 3.63) is 22.4 Å². The SMILES string of the molecule is CC(=O)N[C@@H]1[C@@H](NC(=O)Cc2cccs2)[C@H]2CCO[C@H]21. The highest BCUT2D eigenvalue weighted by Crippen LogP contribution is 2.39. The van der Waals surface area contributed by atoms with Crippen LogP contribution in [-0.2, 0) is 20.7 Å². The van der Waals surface area contributed by atoms with Crippen LogP contribution in [0.25, 0.3) is 0 Å². The second-order valence-corrected chi connectivity index (χ2v) is 6.40. The molecule has 3 rings (SSSR count). The summed E-state index contributed by atoms with van der Waals surface area (Å²) in [6.45, 7) is 2.20. The van der Waals surface area contributed by atoms with E-state index in [1.807, 2.05) is 17.5 Å². The predicted octanol–water partition coefficient (Wildman–Crippen LogP) is 0.699. The van der Waals surface area contributed by atoms with Gasteiger partial charge in [0.25, 0.3) is 0 Å². The van der Waals surface area contributed by atoms with Crippen molar-refractivity contribution in [3.8, 4) is 0 Å². The van der Waals surface area contributed by atoms with Crippen molar-refractivity contribution in [2.45, 2.75) is 38.0 Å². The fourth-order valence-electron chi connectivity index (χ4n) is 3.12. The summed E-state index contributed by atoms with van der Waals surface area (Å²) in [5.74, 6) is 0.263. The summed E-state index contributed by atoms with van der Waals surface area (Å²) >= 11 is 1.58. The molecular formula is C14H18N2O3S. The number of hydrogen-bond donors (Lipinski definition) is 2. The lowest BCUT2D eigenvalue weighted by Crippen LogP contribution is -2.70. The number of nitrogens with one attached hydrogen (secondary N) is 2. The maximum Gasteiger partial charge on any atom is 0.225 e. The van der Waals surface area contributed by atoms with E-state index in [2.05, 4.69) is 10.6 Å². The first-order valence-corrected chi connectivity index (χ1v) is 7.73. The van der Waals surface area contributed by atoms with Crippen LogP contribution in [0.5, 0.6) is 0 Å². The molecule has 2 fully saturated rings. The second kappa shape index (κ2) is 5.54. The number of hydrogen-bond acceptors (Lipinski definition) is 4. The van der Waals surface area contributed by atoms with Crippen LogP contribution in [0.3, 0.4) is 0 Å². The van der Waals surface area contributed by atoms with Crippen molar-refractivity contribution in [1.29, 1.82) is 0 Å².